The lowest BCUT2D eigenvalue weighted by molar-refractivity contribution is -0.538. The maximum Gasteiger partial charge on any atom is 0.332 e. The minimum atomic E-state index is -0.695. The van der Waals surface area contributed by atoms with Crippen molar-refractivity contribution in [1.29, 1.82) is 0 Å². The Morgan fingerprint density at radius 3 is 2.71 bits per heavy atom. The number of hydrogen-bond acceptors (Lipinski definition) is 5. The van der Waals surface area contributed by atoms with Crippen molar-refractivity contribution in [1.82, 2.24) is 14.7 Å². The van der Waals surface area contributed by atoms with Crippen molar-refractivity contribution in [3.05, 3.63) is 71.3 Å². The fourth-order valence-electron chi connectivity index (χ4n) is 4.51. The van der Waals surface area contributed by atoms with E-state index in [1.807, 2.05) is 12.1 Å². The number of rotatable bonds is 3. The van der Waals surface area contributed by atoms with Gasteiger partial charge in [-0.15, -0.1) is 0 Å². The van der Waals surface area contributed by atoms with Crippen molar-refractivity contribution >= 4 is 41.0 Å². The first-order chi connectivity index (χ1) is 16.4. The third kappa shape index (κ3) is 3.92. The van der Waals surface area contributed by atoms with E-state index in [9.17, 15) is 14.4 Å². The van der Waals surface area contributed by atoms with Crippen LogP contribution in [0.2, 0.25) is 5.02 Å². The third-order valence-electron chi connectivity index (χ3n) is 6.27. The molecule has 4 heterocycles. The Morgan fingerprint density at radius 2 is 2.00 bits per heavy atom. The molecular weight excluding hydrogens is 458 g/mol. The standard InChI is InChI=1S/C24H23ClN5O4/c1-27-21-20(23(32)30(24(27)33)15-16-4-2-5-17(25)14-16)18(7-8-26-21)28-9-11-29(12-10-28)22(31)19-6-3-13-34-19/h2-8,13-14,20H,9-12,15H2,1H3/q+1. The highest BCUT2D eigenvalue weighted by atomic mass is 35.5. The van der Waals surface area contributed by atoms with E-state index in [2.05, 4.69) is 9.57 Å². The number of furan rings is 1. The molecular formula is C24H23ClN5O4+. The molecule has 34 heavy (non-hydrogen) atoms. The fraction of sp³-hybridized carbons (Fsp3) is 0.292. The third-order valence-corrected chi connectivity index (χ3v) is 6.51. The Bertz CT molecular complexity index is 1240. The molecule has 2 aromatic rings. The molecule has 0 saturated carbocycles. The number of carbonyl (C=O) groups excluding carboxylic acids is 3. The quantitative estimate of drug-likeness (QED) is 0.631. The zero-order valence-electron chi connectivity index (χ0n) is 18.6. The first-order valence-electron chi connectivity index (χ1n) is 11.0. The highest BCUT2D eigenvalue weighted by Crippen LogP contribution is 2.25. The van der Waals surface area contributed by atoms with Gasteiger partial charge in [-0.3, -0.25) is 19.4 Å². The lowest BCUT2D eigenvalue weighted by Crippen LogP contribution is -2.61. The van der Waals surface area contributed by atoms with Gasteiger partial charge in [-0.1, -0.05) is 23.7 Å². The summed E-state index contributed by atoms with van der Waals surface area (Å²) in [7, 11) is 1.63. The number of amides is 4. The van der Waals surface area contributed by atoms with Crippen LogP contribution < -0.4 is 0 Å². The molecule has 4 amide bonds. The highest BCUT2D eigenvalue weighted by molar-refractivity contribution is 6.31. The summed E-state index contributed by atoms with van der Waals surface area (Å²) in [5.41, 5.74) is 1.54. The van der Waals surface area contributed by atoms with Crippen molar-refractivity contribution in [2.24, 2.45) is 10.9 Å². The zero-order valence-corrected chi connectivity index (χ0v) is 19.3. The van der Waals surface area contributed by atoms with Crippen LogP contribution >= 0.6 is 11.6 Å². The van der Waals surface area contributed by atoms with Crippen molar-refractivity contribution in [2.75, 3.05) is 33.2 Å². The molecule has 174 valence electrons. The van der Waals surface area contributed by atoms with Gasteiger partial charge in [-0.25, -0.2) is 14.4 Å². The molecule has 0 aliphatic carbocycles. The number of allylic oxidation sites excluding steroid dienone is 1. The van der Waals surface area contributed by atoms with E-state index in [0.29, 0.717) is 42.8 Å². The normalized spacial score (nSPS) is 20.6. The Labute approximate surface area is 201 Å². The molecule has 0 N–H and O–H groups in total. The minimum Gasteiger partial charge on any atom is -0.459 e. The number of hydrogen-bond donors (Lipinski definition) is 0. The Morgan fingerprint density at radius 1 is 1.21 bits per heavy atom. The highest BCUT2D eigenvalue weighted by Gasteiger charge is 2.48. The van der Waals surface area contributed by atoms with Gasteiger partial charge in [0.05, 0.1) is 25.9 Å². The van der Waals surface area contributed by atoms with E-state index in [1.165, 1.54) is 16.1 Å². The molecule has 10 heteroatoms. The van der Waals surface area contributed by atoms with Gasteiger partial charge in [0.25, 0.3) is 11.8 Å². The van der Waals surface area contributed by atoms with E-state index >= 15 is 0 Å². The van der Waals surface area contributed by atoms with Crippen molar-refractivity contribution in [3.63, 3.8) is 0 Å². The van der Waals surface area contributed by atoms with Crippen molar-refractivity contribution < 1.29 is 23.4 Å². The van der Waals surface area contributed by atoms with Crippen LogP contribution in [0.5, 0.6) is 0 Å². The van der Waals surface area contributed by atoms with E-state index in [-0.39, 0.29) is 18.4 Å². The molecule has 1 aromatic heterocycles. The predicted molar refractivity (Wildman–Crippen MR) is 125 cm³/mol. The second-order valence-corrected chi connectivity index (χ2v) is 8.75. The van der Waals surface area contributed by atoms with Gasteiger partial charge in [0, 0.05) is 24.3 Å². The fourth-order valence-corrected chi connectivity index (χ4v) is 4.73. The van der Waals surface area contributed by atoms with Crippen LogP contribution in [0.3, 0.4) is 0 Å². The Kier molecular flexibility index (Phi) is 5.79. The van der Waals surface area contributed by atoms with Crippen LogP contribution in [-0.4, -0.2) is 81.9 Å². The van der Waals surface area contributed by atoms with E-state index in [1.54, 1.807) is 48.5 Å². The molecule has 0 radical (unpaired) electrons. The summed E-state index contributed by atoms with van der Waals surface area (Å²) in [6, 6.07) is 10.0. The number of amidine groups is 1. The molecule has 1 atom stereocenters. The number of carbonyl (C=O) groups is 3. The van der Waals surface area contributed by atoms with Crippen LogP contribution in [0.4, 0.5) is 4.79 Å². The lowest BCUT2D eigenvalue weighted by atomic mass is 9.94. The van der Waals surface area contributed by atoms with Gasteiger partial charge < -0.3 is 9.32 Å². The molecule has 2 saturated heterocycles. The first kappa shape index (κ1) is 22.1. The van der Waals surface area contributed by atoms with Gasteiger partial charge >= 0.3 is 6.03 Å². The SMILES string of the molecule is CN1C(=O)N(Cc2cccc(Cl)c2)C(=O)C2C1=NC=CC2=[N+]1CCN(C(=O)c2ccco2)CC1. The largest absolute Gasteiger partial charge is 0.459 e. The summed E-state index contributed by atoms with van der Waals surface area (Å²) in [6.07, 6.45) is 4.91. The molecule has 3 aliphatic rings. The number of imide groups is 1. The van der Waals surface area contributed by atoms with E-state index < -0.39 is 11.9 Å². The molecule has 5 rings (SSSR count). The topological polar surface area (TPSA) is 89.4 Å². The zero-order chi connectivity index (χ0) is 23.8. The number of benzene rings is 1. The van der Waals surface area contributed by atoms with E-state index in [0.717, 1.165) is 11.3 Å². The molecule has 9 nitrogen and oxygen atoms in total. The van der Waals surface area contributed by atoms with Gasteiger partial charge in [-0.2, -0.15) is 0 Å². The average Bonchev–Trinajstić information content (AvgIpc) is 3.40. The van der Waals surface area contributed by atoms with E-state index in [4.69, 9.17) is 16.0 Å². The lowest BCUT2D eigenvalue weighted by Gasteiger charge is -2.38. The first-order valence-corrected chi connectivity index (χ1v) is 11.3. The smallest absolute Gasteiger partial charge is 0.332 e. The summed E-state index contributed by atoms with van der Waals surface area (Å²) in [5.74, 6) is -0.450. The van der Waals surface area contributed by atoms with Crippen LogP contribution in [0.1, 0.15) is 16.1 Å². The molecule has 3 aliphatic heterocycles. The van der Waals surface area contributed by atoms with Gasteiger partial charge in [-0.05, 0) is 29.8 Å². The summed E-state index contributed by atoms with van der Waals surface area (Å²) in [4.78, 5) is 48.0. The number of urea groups is 1. The number of fused-ring (bicyclic) bond motifs is 1. The van der Waals surface area contributed by atoms with Crippen LogP contribution in [0.15, 0.2) is 64.3 Å². The summed E-state index contributed by atoms with van der Waals surface area (Å²) < 4.78 is 7.32. The van der Waals surface area contributed by atoms with Crippen LogP contribution in [-0.2, 0) is 11.3 Å². The second kappa shape index (κ2) is 8.90. The maximum atomic E-state index is 13.6. The predicted octanol–water partition coefficient (Wildman–Crippen LogP) is 2.48. The summed E-state index contributed by atoms with van der Waals surface area (Å²) in [6.45, 7) is 2.20. The number of aliphatic imine (C=N–C) groups is 1. The second-order valence-electron chi connectivity index (χ2n) is 8.31. The monoisotopic (exact) mass is 480 g/mol. The molecule has 0 spiro atoms. The Balaban J connectivity index is 1.39. The number of piperazine rings is 1. The maximum absolute atomic E-state index is 13.6. The molecule has 1 aromatic carbocycles. The average molecular weight is 481 g/mol. The summed E-state index contributed by atoms with van der Waals surface area (Å²) >= 11 is 6.09. The molecule has 0 bridgehead atoms. The molecule has 1 unspecified atom stereocenters. The number of halogens is 1. The van der Waals surface area contributed by atoms with Crippen molar-refractivity contribution in [3.8, 4) is 0 Å². The Hall–Kier alpha value is -3.72. The van der Waals surface area contributed by atoms with Crippen LogP contribution in [0.25, 0.3) is 0 Å². The number of nitrogens with zero attached hydrogens (tertiary/aromatic N) is 5. The minimum absolute atomic E-state index is 0.120. The molecule has 2 fully saturated rings. The van der Waals surface area contributed by atoms with Gasteiger partial charge in [0.1, 0.15) is 5.84 Å². The summed E-state index contributed by atoms with van der Waals surface area (Å²) in [5, 5.41) is 0.542. The van der Waals surface area contributed by atoms with Crippen molar-refractivity contribution in [2.45, 2.75) is 6.54 Å². The van der Waals surface area contributed by atoms with Gasteiger partial charge in [0.15, 0.2) is 30.5 Å². The van der Waals surface area contributed by atoms with Crippen LogP contribution in [0, 0.1) is 5.92 Å². The van der Waals surface area contributed by atoms with Gasteiger partial charge in [0.2, 0.25) is 0 Å².